The van der Waals surface area contributed by atoms with Gasteiger partial charge in [-0.15, -0.1) is 10.2 Å². The van der Waals surface area contributed by atoms with Crippen LogP contribution < -0.4 is 14.4 Å². The Morgan fingerprint density at radius 2 is 1.78 bits per heavy atom. The van der Waals surface area contributed by atoms with Gasteiger partial charge < -0.3 is 19.1 Å². The quantitative estimate of drug-likeness (QED) is 0.403. The van der Waals surface area contributed by atoms with Crippen molar-refractivity contribution in [2.75, 3.05) is 38.8 Å². The number of anilines is 1. The van der Waals surface area contributed by atoms with E-state index in [1.807, 2.05) is 4.90 Å². The summed E-state index contributed by atoms with van der Waals surface area (Å²) in [4.78, 5) is 18.8. The van der Waals surface area contributed by atoms with E-state index in [9.17, 15) is 8.42 Å². The second-order valence-electron chi connectivity index (χ2n) is 8.77. The number of nitrogens with zero attached hydrogens (tertiary/aromatic N) is 8. The van der Waals surface area contributed by atoms with Crippen molar-refractivity contribution in [3.8, 4) is 17.4 Å². The highest BCUT2D eigenvalue weighted by atomic mass is 35.5. The van der Waals surface area contributed by atoms with Crippen LogP contribution in [0.5, 0.6) is 11.8 Å². The Balaban J connectivity index is 1.50. The average molecular weight is 551 g/mol. The largest absolute Gasteiger partial charge is 0.479 e. The SMILES string of the molecule is COc1ncnc(OC)c1-n1c(CS(=O)(=O)[C@@H]2CCCN(c3ncc(Cl)cn3)C2)nnc1[C@H]1CCCO1. The first kappa shape index (κ1) is 25.5. The van der Waals surface area contributed by atoms with Crippen molar-refractivity contribution < 1.29 is 22.6 Å². The van der Waals surface area contributed by atoms with E-state index in [1.54, 1.807) is 4.57 Å². The van der Waals surface area contributed by atoms with Crippen molar-refractivity contribution in [1.82, 2.24) is 34.7 Å². The molecule has 2 fully saturated rings. The molecule has 2 atom stereocenters. The Labute approximate surface area is 219 Å². The molecule has 0 aliphatic carbocycles. The standard InChI is InChI=1S/C22H27ClN8O5S/c1-34-20-18(21(35-2)27-13-26-20)31-17(28-29-19(31)16-6-4-8-36-16)12-37(32,33)15-5-3-7-30(11-15)22-24-9-14(23)10-25-22/h9-10,13,15-16H,3-8,11-12H2,1-2H3/t15-,16-/m1/s1. The molecule has 2 aliphatic rings. The maximum atomic E-state index is 13.7. The summed E-state index contributed by atoms with van der Waals surface area (Å²) in [5.41, 5.74) is 0.327. The van der Waals surface area contributed by atoms with Crippen LogP contribution in [0.2, 0.25) is 5.02 Å². The lowest BCUT2D eigenvalue weighted by atomic mass is 10.1. The van der Waals surface area contributed by atoms with E-state index >= 15 is 0 Å². The van der Waals surface area contributed by atoms with Crippen molar-refractivity contribution in [3.63, 3.8) is 0 Å². The molecule has 198 valence electrons. The van der Waals surface area contributed by atoms with Gasteiger partial charge in [0.1, 0.15) is 18.2 Å². The summed E-state index contributed by atoms with van der Waals surface area (Å²) in [6, 6.07) is 0. The molecule has 0 spiro atoms. The molecule has 0 radical (unpaired) electrons. The summed E-state index contributed by atoms with van der Waals surface area (Å²) in [6.45, 7) is 1.50. The Kier molecular flexibility index (Phi) is 7.40. The topological polar surface area (TPSA) is 147 Å². The molecule has 3 aromatic rings. The van der Waals surface area contributed by atoms with Crippen molar-refractivity contribution in [2.24, 2.45) is 0 Å². The summed E-state index contributed by atoms with van der Waals surface area (Å²) in [5.74, 6) is 1.16. The Morgan fingerprint density at radius 3 is 2.43 bits per heavy atom. The number of sulfone groups is 1. The van der Waals surface area contributed by atoms with Gasteiger partial charge in [-0.3, -0.25) is 4.57 Å². The molecule has 2 aliphatic heterocycles. The molecule has 0 aromatic carbocycles. The van der Waals surface area contributed by atoms with Gasteiger partial charge in [-0.25, -0.2) is 18.4 Å². The highest BCUT2D eigenvalue weighted by Crippen LogP contribution is 2.36. The van der Waals surface area contributed by atoms with E-state index in [-0.39, 0.29) is 36.0 Å². The molecule has 15 heteroatoms. The van der Waals surface area contributed by atoms with Gasteiger partial charge >= 0.3 is 0 Å². The van der Waals surface area contributed by atoms with Gasteiger partial charge in [0, 0.05) is 19.7 Å². The number of aromatic nitrogens is 7. The second-order valence-corrected chi connectivity index (χ2v) is 11.5. The Bertz CT molecular complexity index is 1330. The molecule has 37 heavy (non-hydrogen) atoms. The molecule has 13 nitrogen and oxygen atoms in total. The third kappa shape index (κ3) is 5.18. The van der Waals surface area contributed by atoms with E-state index in [0.29, 0.717) is 48.5 Å². The van der Waals surface area contributed by atoms with Gasteiger partial charge in [0.25, 0.3) is 0 Å². The van der Waals surface area contributed by atoms with Crippen LogP contribution >= 0.6 is 11.6 Å². The van der Waals surface area contributed by atoms with Crippen LogP contribution in [0.4, 0.5) is 5.95 Å². The van der Waals surface area contributed by atoms with E-state index in [0.717, 1.165) is 12.8 Å². The van der Waals surface area contributed by atoms with Crippen molar-refractivity contribution in [2.45, 2.75) is 42.8 Å². The van der Waals surface area contributed by atoms with Gasteiger partial charge in [0.05, 0.1) is 36.9 Å². The monoisotopic (exact) mass is 550 g/mol. The fraction of sp³-hybridized carbons (Fsp3) is 0.545. The van der Waals surface area contributed by atoms with Crippen LogP contribution in [0.3, 0.4) is 0 Å². The van der Waals surface area contributed by atoms with Crippen LogP contribution in [0, 0.1) is 0 Å². The number of piperidine rings is 1. The lowest BCUT2D eigenvalue weighted by Crippen LogP contribution is -2.43. The van der Waals surface area contributed by atoms with Crippen LogP contribution in [-0.4, -0.2) is 82.3 Å². The van der Waals surface area contributed by atoms with Gasteiger partial charge in [0.15, 0.2) is 27.2 Å². The Hall–Kier alpha value is -3.10. The van der Waals surface area contributed by atoms with Gasteiger partial charge in [-0.2, -0.15) is 9.97 Å². The third-order valence-corrected chi connectivity index (χ3v) is 8.70. The van der Waals surface area contributed by atoms with Gasteiger partial charge in [-0.1, -0.05) is 11.6 Å². The number of ether oxygens (including phenoxy) is 3. The molecule has 0 saturated carbocycles. The summed E-state index contributed by atoms with van der Waals surface area (Å²) >= 11 is 5.91. The number of hydrogen-bond acceptors (Lipinski definition) is 12. The highest BCUT2D eigenvalue weighted by Gasteiger charge is 2.36. The maximum Gasteiger partial charge on any atom is 0.245 e. The minimum absolute atomic E-state index is 0.202. The van der Waals surface area contributed by atoms with Crippen molar-refractivity contribution >= 4 is 27.4 Å². The lowest BCUT2D eigenvalue weighted by molar-refractivity contribution is 0.103. The fourth-order valence-corrected chi connectivity index (χ4v) is 6.49. The molecule has 3 aromatic heterocycles. The minimum Gasteiger partial charge on any atom is -0.479 e. The summed E-state index contributed by atoms with van der Waals surface area (Å²) in [5, 5.41) is 8.40. The van der Waals surface area contributed by atoms with E-state index < -0.39 is 15.1 Å². The maximum absolute atomic E-state index is 13.7. The molecule has 0 amide bonds. The van der Waals surface area contributed by atoms with Gasteiger partial charge in [-0.05, 0) is 25.7 Å². The lowest BCUT2D eigenvalue weighted by Gasteiger charge is -2.32. The molecule has 0 bridgehead atoms. The van der Waals surface area contributed by atoms with Crippen molar-refractivity contribution in [1.29, 1.82) is 0 Å². The number of methoxy groups -OCH3 is 2. The Morgan fingerprint density at radius 1 is 1.05 bits per heavy atom. The van der Waals surface area contributed by atoms with Crippen LogP contribution in [0.1, 0.15) is 43.4 Å². The predicted octanol–water partition coefficient (Wildman–Crippen LogP) is 1.95. The van der Waals surface area contributed by atoms with Crippen LogP contribution in [0.25, 0.3) is 5.69 Å². The zero-order valence-electron chi connectivity index (χ0n) is 20.4. The van der Waals surface area contributed by atoms with Gasteiger partial charge in [0.2, 0.25) is 17.7 Å². The zero-order valence-corrected chi connectivity index (χ0v) is 22.0. The van der Waals surface area contributed by atoms with E-state index in [4.69, 9.17) is 25.8 Å². The normalized spacial score (nSPS) is 20.2. The molecule has 0 unspecified atom stereocenters. The predicted molar refractivity (Wildman–Crippen MR) is 133 cm³/mol. The highest BCUT2D eigenvalue weighted by molar-refractivity contribution is 7.91. The van der Waals surface area contributed by atoms with Crippen molar-refractivity contribution in [3.05, 3.63) is 35.4 Å². The molecule has 2 saturated heterocycles. The first-order valence-corrected chi connectivity index (χ1v) is 13.9. The smallest absolute Gasteiger partial charge is 0.245 e. The summed E-state index contributed by atoms with van der Waals surface area (Å²) in [7, 11) is -0.744. The number of rotatable bonds is 8. The van der Waals surface area contributed by atoms with Crippen LogP contribution in [-0.2, 0) is 20.3 Å². The summed E-state index contributed by atoms with van der Waals surface area (Å²) in [6.07, 6.45) is 6.73. The first-order chi connectivity index (χ1) is 17.9. The fourth-order valence-electron chi connectivity index (χ4n) is 4.67. The third-order valence-electron chi connectivity index (χ3n) is 6.44. The first-order valence-electron chi connectivity index (χ1n) is 11.8. The molecular formula is C22H27ClN8O5S. The van der Waals surface area contributed by atoms with E-state index in [1.165, 1.54) is 32.9 Å². The number of halogens is 1. The molecular weight excluding hydrogens is 524 g/mol. The molecule has 0 N–H and O–H groups in total. The average Bonchev–Trinajstić information content (AvgIpc) is 3.58. The minimum atomic E-state index is -3.68. The molecule has 5 heterocycles. The summed E-state index contributed by atoms with van der Waals surface area (Å²) < 4.78 is 45.8. The molecule has 5 rings (SSSR count). The van der Waals surface area contributed by atoms with E-state index in [2.05, 4.69) is 30.1 Å². The zero-order chi connectivity index (χ0) is 26.0. The second kappa shape index (κ2) is 10.7. The van der Waals surface area contributed by atoms with Crippen LogP contribution in [0.15, 0.2) is 18.7 Å². The number of hydrogen-bond donors (Lipinski definition) is 0.